The van der Waals surface area contributed by atoms with E-state index in [1.165, 1.54) is 0 Å². The van der Waals surface area contributed by atoms with Crippen molar-refractivity contribution in [2.75, 3.05) is 0 Å². The minimum Gasteiger partial charge on any atom is -0.269 e. The lowest BCUT2D eigenvalue weighted by Gasteiger charge is -2.24. The first-order valence-corrected chi connectivity index (χ1v) is 7.19. The molecule has 0 saturated carbocycles. The molecule has 4 nitrogen and oxygen atoms in total. The maximum Gasteiger partial charge on any atom is 0.261 e. The van der Waals surface area contributed by atoms with Gasteiger partial charge in [-0.2, -0.15) is 0 Å². The highest BCUT2D eigenvalue weighted by molar-refractivity contribution is 5.52. The van der Waals surface area contributed by atoms with Gasteiger partial charge in [-0.25, -0.2) is 4.98 Å². The van der Waals surface area contributed by atoms with Gasteiger partial charge in [0, 0.05) is 35.3 Å². The quantitative estimate of drug-likeness (QED) is 0.595. The molecule has 1 aliphatic rings. The van der Waals surface area contributed by atoms with E-state index in [9.17, 15) is 4.79 Å². The molecular weight excluding hydrogens is 274 g/mol. The SMILES string of the molecule is CC1Cc2nc3cc(C#Cc4cccnc4)ccn3c(=O)c21. The van der Waals surface area contributed by atoms with Crippen LogP contribution in [0.25, 0.3) is 5.65 Å². The fourth-order valence-corrected chi connectivity index (χ4v) is 2.77. The molecule has 0 bridgehead atoms. The molecule has 0 N–H and O–H groups in total. The molecule has 4 heteroatoms. The van der Waals surface area contributed by atoms with Crippen molar-refractivity contribution in [2.45, 2.75) is 19.3 Å². The minimum atomic E-state index is 0.0468. The van der Waals surface area contributed by atoms with Crippen LogP contribution in [-0.2, 0) is 6.42 Å². The van der Waals surface area contributed by atoms with Crippen molar-refractivity contribution in [1.82, 2.24) is 14.4 Å². The van der Waals surface area contributed by atoms with Crippen LogP contribution in [0, 0.1) is 11.8 Å². The minimum absolute atomic E-state index is 0.0468. The van der Waals surface area contributed by atoms with Crippen LogP contribution < -0.4 is 5.56 Å². The summed E-state index contributed by atoms with van der Waals surface area (Å²) in [6.45, 7) is 2.06. The van der Waals surface area contributed by atoms with Crippen molar-refractivity contribution in [3.05, 3.63) is 75.6 Å². The number of fused-ring (bicyclic) bond motifs is 2. The monoisotopic (exact) mass is 287 g/mol. The van der Waals surface area contributed by atoms with E-state index in [0.717, 1.165) is 28.8 Å². The zero-order valence-electron chi connectivity index (χ0n) is 12.1. The van der Waals surface area contributed by atoms with Gasteiger partial charge in [0.25, 0.3) is 5.56 Å². The largest absolute Gasteiger partial charge is 0.269 e. The Morgan fingerprint density at radius 3 is 2.91 bits per heavy atom. The lowest BCUT2D eigenvalue weighted by Crippen LogP contribution is -2.31. The van der Waals surface area contributed by atoms with E-state index in [4.69, 9.17) is 0 Å². The number of hydrogen-bond donors (Lipinski definition) is 0. The topological polar surface area (TPSA) is 47.3 Å². The summed E-state index contributed by atoms with van der Waals surface area (Å²) in [5, 5.41) is 0. The van der Waals surface area contributed by atoms with Crippen molar-refractivity contribution in [2.24, 2.45) is 0 Å². The van der Waals surface area contributed by atoms with Crippen LogP contribution in [0.4, 0.5) is 0 Å². The zero-order valence-corrected chi connectivity index (χ0v) is 12.1. The van der Waals surface area contributed by atoms with E-state index in [-0.39, 0.29) is 5.56 Å². The summed E-state index contributed by atoms with van der Waals surface area (Å²) in [5.74, 6) is 6.46. The third-order valence-electron chi connectivity index (χ3n) is 3.95. The van der Waals surface area contributed by atoms with Gasteiger partial charge in [-0.05, 0) is 36.6 Å². The van der Waals surface area contributed by atoms with Gasteiger partial charge in [0.2, 0.25) is 0 Å². The van der Waals surface area contributed by atoms with E-state index in [0.29, 0.717) is 11.6 Å². The highest BCUT2D eigenvalue weighted by Crippen LogP contribution is 2.30. The molecule has 0 fully saturated rings. The van der Waals surface area contributed by atoms with Crippen LogP contribution in [-0.4, -0.2) is 14.4 Å². The van der Waals surface area contributed by atoms with Gasteiger partial charge in [0.05, 0.1) is 5.69 Å². The van der Waals surface area contributed by atoms with Crippen LogP contribution in [0.2, 0.25) is 0 Å². The highest BCUT2D eigenvalue weighted by Gasteiger charge is 2.28. The Balaban J connectivity index is 1.80. The van der Waals surface area contributed by atoms with Gasteiger partial charge in [-0.3, -0.25) is 14.2 Å². The van der Waals surface area contributed by atoms with E-state index < -0.39 is 0 Å². The van der Waals surface area contributed by atoms with Gasteiger partial charge in [0.15, 0.2) is 0 Å². The lowest BCUT2D eigenvalue weighted by atomic mass is 9.83. The standard InChI is InChI=1S/C18H13N3O/c1-12-9-15-17(12)18(22)21-8-6-13(10-16(21)20-15)4-5-14-3-2-7-19-11-14/h2-3,6-8,10-12H,9H2,1H3. The van der Waals surface area contributed by atoms with Gasteiger partial charge < -0.3 is 0 Å². The average Bonchev–Trinajstić information content (AvgIpc) is 2.53. The molecule has 3 aromatic heterocycles. The maximum absolute atomic E-state index is 12.4. The van der Waals surface area contributed by atoms with Crippen LogP contribution in [0.1, 0.15) is 35.2 Å². The van der Waals surface area contributed by atoms with E-state index >= 15 is 0 Å². The molecule has 0 radical (unpaired) electrons. The Bertz CT molecular complexity index is 994. The second-order valence-corrected chi connectivity index (χ2v) is 5.52. The summed E-state index contributed by atoms with van der Waals surface area (Å²) in [6.07, 6.45) is 6.08. The molecule has 0 saturated heterocycles. The second kappa shape index (κ2) is 4.81. The Kier molecular flexibility index (Phi) is 2.80. The zero-order chi connectivity index (χ0) is 15.1. The Labute approximate surface area is 127 Å². The Morgan fingerprint density at radius 1 is 1.27 bits per heavy atom. The van der Waals surface area contributed by atoms with Crippen LogP contribution >= 0.6 is 0 Å². The summed E-state index contributed by atoms with van der Waals surface area (Å²) in [5.41, 5.74) is 4.18. The molecule has 0 aliphatic heterocycles. The van der Waals surface area contributed by atoms with Gasteiger partial charge in [-0.15, -0.1) is 0 Å². The second-order valence-electron chi connectivity index (χ2n) is 5.52. The number of hydrogen-bond acceptors (Lipinski definition) is 3. The van der Waals surface area contributed by atoms with Crippen molar-refractivity contribution >= 4 is 5.65 Å². The molecule has 0 spiro atoms. The van der Waals surface area contributed by atoms with Crippen molar-refractivity contribution in [3.8, 4) is 11.8 Å². The third kappa shape index (κ3) is 1.99. The van der Waals surface area contributed by atoms with Crippen molar-refractivity contribution in [3.63, 3.8) is 0 Å². The Morgan fingerprint density at radius 2 is 2.14 bits per heavy atom. The molecule has 1 atom stereocenters. The first kappa shape index (κ1) is 12.8. The van der Waals surface area contributed by atoms with Gasteiger partial charge in [0.1, 0.15) is 5.65 Å². The maximum atomic E-state index is 12.4. The highest BCUT2D eigenvalue weighted by atomic mass is 16.1. The fraction of sp³-hybridized carbons (Fsp3) is 0.167. The molecule has 1 aliphatic carbocycles. The fourth-order valence-electron chi connectivity index (χ4n) is 2.77. The van der Waals surface area contributed by atoms with Crippen molar-refractivity contribution < 1.29 is 0 Å². The molecule has 4 rings (SSSR count). The van der Waals surface area contributed by atoms with Crippen LogP contribution in [0.3, 0.4) is 0 Å². The summed E-state index contributed by atoms with van der Waals surface area (Å²) in [6, 6.07) is 7.46. The summed E-state index contributed by atoms with van der Waals surface area (Å²) in [4.78, 5) is 21.0. The molecule has 3 aromatic rings. The molecule has 0 aromatic carbocycles. The molecule has 1 unspecified atom stereocenters. The van der Waals surface area contributed by atoms with Crippen LogP contribution in [0.5, 0.6) is 0 Å². The van der Waals surface area contributed by atoms with E-state index in [2.05, 4.69) is 28.7 Å². The predicted molar refractivity (Wildman–Crippen MR) is 83.8 cm³/mol. The molecular formula is C18H13N3O. The molecule has 3 heterocycles. The molecule has 0 amide bonds. The smallest absolute Gasteiger partial charge is 0.261 e. The van der Waals surface area contributed by atoms with Crippen LogP contribution in [0.15, 0.2) is 47.7 Å². The van der Waals surface area contributed by atoms with E-state index in [1.807, 2.05) is 24.3 Å². The third-order valence-corrected chi connectivity index (χ3v) is 3.95. The number of nitrogens with zero attached hydrogens (tertiary/aromatic N) is 3. The van der Waals surface area contributed by atoms with Gasteiger partial charge in [-0.1, -0.05) is 18.8 Å². The first-order valence-electron chi connectivity index (χ1n) is 7.19. The van der Waals surface area contributed by atoms with E-state index in [1.54, 1.807) is 23.0 Å². The summed E-state index contributed by atoms with van der Waals surface area (Å²) >= 11 is 0. The molecule has 22 heavy (non-hydrogen) atoms. The normalized spacial score (nSPS) is 15.6. The van der Waals surface area contributed by atoms with Gasteiger partial charge >= 0.3 is 0 Å². The summed E-state index contributed by atoms with van der Waals surface area (Å²) in [7, 11) is 0. The lowest BCUT2D eigenvalue weighted by molar-refractivity contribution is 0.622. The first-order chi connectivity index (χ1) is 10.7. The average molecular weight is 287 g/mol. The predicted octanol–water partition coefficient (Wildman–Crippen LogP) is 2.15. The number of aromatic nitrogens is 3. The van der Waals surface area contributed by atoms with Crippen molar-refractivity contribution in [1.29, 1.82) is 0 Å². The Hall–Kier alpha value is -2.93. The summed E-state index contributed by atoms with van der Waals surface area (Å²) < 4.78 is 1.60. The number of pyridine rings is 2. The molecule has 106 valence electrons. The number of rotatable bonds is 0.